The number of nitro benzene ring substituents is 1. The largest absolute Gasteiger partial charge is 0.379 e. The summed E-state index contributed by atoms with van der Waals surface area (Å²) >= 11 is 1.89. The number of benzene rings is 1. The van der Waals surface area contributed by atoms with Gasteiger partial charge in [-0.05, 0) is 31.4 Å². The molecule has 1 aromatic rings. The van der Waals surface area contributed by atoms with E-state index >= 15 is 0 Å². The molecule has 27 heavy (non-hydrogen) atoms. The monoisotopic (exact) mass is 416 g/mol. The van der Waals surface area contributed by atoms with Crippen LogP contribution in [0.3, 0.4) is 0 Å². The molecule has 2 N–H and O–H groups in total. The number of rotatable bonds is 7. The summed E-state index contributed by atoms with van der Waals surface area (Å²) in [6.07, 6.45) is 1.00. The third-order valence-corrected chi connectivity index (χ3v) is 7.76. The lowest BCUT2D eigenvalue weighted by atomic mass is 9.95. The number of hydrogen-bond acceptors (Lipinski definition) is 8. The molecule has 9 nitrogen and oxygen atoms in total. The lowest BCUT2D eigenvalue weighted by molar-refractivity contribution is -0.384. The smallest absolute Gasteiger partial charge is 0.293 e. The first-order valence-corrected chi connectivity index (χ1v) is 11.4. The van der Waals surface area contributed by atoms with Gasteiger partial charge in [-0.2, -0.15) is 11.8 Å². The summed E-state index contributed by atoms with van der Waals surface area (Å²) in [6, 6.07) is 3.95. The molecule has 0 amide bonds. The topological polar surface area (TPSA) is 114 Å². The number of anilines is 1. The number of morpholine rings is 1. The zero-order chi connectivity index (χ0) is 19.5. The zero-order valence-electron chi connectivity index (χ0n) is 15.1. The van der Waals surface area contributed by atoms with Crippen LogP contribution in [0.25, 0.3) is 0 Å². The average Bonchev–Trinajstić information content (AvgIpc) is 3.17. The fourth-order valence-corrected chi connectivity index (χ4v) is 5.72. The summed E-state index contributed by atoms with van der Waals surface area (Å²) in [5, 5.41) is 14.7. The van der Waals surface area contributed by atoms with E-state index < -0.39 is 14.9 Å². The van der Waals surface area contributed by atoms with E-state index in [1.807, 2.05) is 11.8 Å². The third kappa shape index (κ3) is 4.37. The molecule has 0 saturated carbocycles. The summed E-state index contributed by atoms with van der Waals surface area (Å²) < 4.78 is 31.5. The highest BCUT2D eigenvalue weighted by Gasteiger charge is 2.40. The number of nitrogens with one attached hydrogen (secondary N) is 2. The van der Waals surface area contributed by atoms with E-state index in [1.165, 1.54) is 19.2 Å². The quantitative estimate of drug-likeness (QED) is 0.502. The van der Waals surface area contributed by atoms with Gasteiger partial charge in [0, 0.05) is 37.0 Å². The molecular formula is C16H24N4O5S2. The molecule has 2 aliphatic rings. The Kier molecular flexibility index (Phi) is 6.26. The second-order valence-corrected chi connectivity index (χ2v) is 9.62. The Morgan fingerprint density at radius 1 is 1.37 bits per heavy atom. The van der Waals surface area contributed by atoms with Crippen molar-refractivity contribution in [2.45, 2.75) is 16.9 Å². The Hall–Kier alpha value is -1.40. The highest BCUT2D eigenvalue weighted by atomic mass is 32.2. The van der Waals surface area contributed by atoms with Gasteiger partial charge >= 0.3 is 0 Å². The number of nitrogens with zero attached hydrogens (tertiary/aromatic N) is 2. The van der Waals surface area contributed by atoms with Crippen LogP contribution in [-0.4, -0.2) is 75.2 Å². The van der Waals surface area contributed by atoms with Gasteiger partial charge in [0.05, 0.1) is 23.0 Å². The maximum atomic E-state index is 11.9. The molecule has 1 aromatic carbocycles. The Labute approximate surface area is 163 Å². The van der Waals surface area contributed by atoms with E-state index in [0.717, 1.165) is 37.1 Å². The summed E-state index contributed by atoms with van der Waals surface area (Å²) in [7, 11) is -2.46. The van der Waals surface area contributed by atoms with Crippen molar-refractivity contribution in [3.63, 3.8) is 0 Å². The Morgan fingerprint density at radius 3 is 2.70 bits per heavy atom. The number of nitro groups is 1. The van der Waals surface area contributed by atoms with Gasteiger partial charge in [-0.1, -0.05) is 0 Å². The second kappa shape index (κ2) is 8.31. The first kappa shape index (κ1) is 20.3. The molecule has 2 fully saturated rings. The predicted octanol–water partition coefficient (Wildman–Crippen LogP) is 1.12. The van der Waals surface area contributed by atoms with Gasteiger partial charge in [-0.3, -0.25) is 15.0 Å². The SMILES string of the molecule is CNS(=O)(=O)c1ccc(NC[C@]2(N3CCOCC3)CCSC2)c([N+](=O)[O-])c1. The van der Waals surface area contributed by atoms with Crippen molar-refractivity contribution in [1.82, 2.24) is 9.62 Å². The summed E-state index contributed by atoms with van der Waals surface area (Å²) in [6.45, 7) is 3.67. The lowest BCUT2D eigenvalue weighted by Crippen LogP contribution is -2.57. The molecule has 2 aliphatic heterocycles. The molecule has 11 heteroatoms. The van der Waals surface area contributed by atoms with Crippen molar-refractivity contribution in [3.8, 4) is 0 Å². The van der Waals surface area contributed by atoms with Crippen molar-refractivity contribution in [1.29, 1.82) is 0 Å². The van der Waals surface area contributed by atoms with E-state index in [1.54, 1.807) is 0 Å². The molecule has 3 rings (SSSR count). The van der Waals surface area contributed by atoms with Crippen molar-refractivity contribution in [2.24, 2.45) is 0 Å². The maximum Gasteiger partial charge on any atom is 0.293 e. The zero-order valence-corrected chi connectivity index (χ0v) is 16.8. The van der Waals surface area contributed by atoms with Crippen LogP contribution in [-0.2, 0) is 14.8 Å². The van der Waals surface area contributed by atoms with Crippen molar-refractivity contribution in [2.75, 3.05) is 56.7 Å². The van der Waals surface area contributed by atoms with Crippen LogP contribution < -0.4 is 10.0 Å². The fraction of sp³-hybridized carbons (Fsp3) is 0.625. The molecule has 1 atom stereocenters. The molecule has 2 saturated heterocycles. The van der Waals surface area contributed by atoms with Gasteiger partial charge in [-0.25, -0.2) is 13.1 Å². The molecule has 2 heterocycles. The van der Waals surface area contributed by atoms with Crippen LogP contribution in [0.1, 0.15) is 6.42 Å². The summed E-state index contributed by atoms with van der Waals surface area (Å²) in [4.78, 5) is 13.2. The minimum atomic E-state index is -3.74. The fourth-order valence-electron chi connectivity index (χ4n) is 3.49. The first-order chi connectivity index (χ1) is 12.9. The molecule has 0 bridgehead atoms. The van der Waals surface area contributed by atoms with E-state index in [9.17, 15) is 18.5 Å². The van der Waals surface area contributed by atoms with Crippen molar-refractivity contribution in [3.05, 3.63) is 28.3 Å². The summed E-state index contributed by atoms with van der Waals surface area (Å²) in [5.74, 6) is 2.01. The standard InChI is InChI=1S/C16H24N4O5S2/c1-17-27(23,24)13-2-3-14(15(10-13)20(21)22)18-11-16(4-9-26-12-16)19-5-7-25-8-6-19/h2-3,10,17-18H,4-9,11-12H2,1H3/t16-/m1/s1. The molecule has 0 aliphatic carbocycles. The van der Waals surface area contributed by atoms with Gasteiger partial charge in [0.15, 0.2) is 0 Å². The minimum absolute atomic E-state index is 0.0714. The number of ether oxygens (including phenoxy) is 1. The Morgan fingerprint density at radius 2 is 2.11 bits per heavy atom. The van der Waals surface area contributed by atoms with Crippen molar-refractivity contribution < 1.29 is 18.1 Å². The predicted molar refractivity (Wildman–Crippen MR) is 105 cm³/mol. The van der Waals surface area contributed by atoms with Gasteiger partial charge in [-0.15, -0.1) is 0 Å². The minimum Gasteiger partial charge on any atom is -0.379 e. The van der Waals surface area contributed by atoms with Crippen LogP contribution >= 0.6 is 11.8 Å². The number of hydrogen-bond donors (Lipinski definition) is 2. The van der Waals surface area contributed by atoms with Crippen LogP contribution in [0.2, 0.25) is 0 Å². The number of thioether (sulfide) groups is 1. The summed E-state index contributed by atoms with van der Waals surface area (Å²) in [5.41, 5.74) is 0.0200. The highest BCUT2D eigenvalue weighted by Crippen LogP contribution is 2.35. The van der Waals surface area contributed by atoms with Gasteiger partial charge < -0.3 is 10.1 Å². The van der Waals surface area contributed by atoms with E-state index in [2.05, 4.69) is 14.9 Å². The number of sulfonamides is 1. The third-order valence-electron chi connectivity index (χ3n) is 5.12. The normalized spacial score (nSPS) is 24.0. The molecule has 0 unspecified atom stereocenters. The molecule has 0 aromatic heterocycles. The van der Waals surface area contributed by atoms with Gasteiger partial charge in [0.1, 0.15) is 5.69 Å². The lowest BCUT2D eigenvalue weighted by Gasteiger charge is -2.43. The Bertz CT molecular complexity index is 790. The molecular weight excluding hydrogens is 392 g/mol. The van der Waals surface area contributed by atoms with Crippen molar-refractivity contribution >= 4 is 33.2 Å². The van der Waals surface area contributed by atoms with E-state index in [-0.39, 0.29) is 16.1 Å². The first-order valence-electron chi connectivity index (χ1n) is 8.74. The second-order valence-electron chi connectivity index (χ2n) is 6.62. The molecule has 0 spiro atoms. The van der Waals surface area contributed by atoms with Crippen LogP contribution in [0.4, 0.5) is 11.4 Å². The van der Waals surface area contributed by atoms with Crippen LogP contribution in [0, 0.1) is 10.1 Å². The molecule has 0 radical (unpaired) electrons. The van der Waals surface area contributed by atoms with E-state index in [0.29, 0.717) is 25.4 Å². The maximum absolute atomic E-state index is 11.9. The van der Waals surface area contributed by atoms with Gasteiger partial charge in [0.25, 0.3) is 5.69 Å². The van der Waals surface area contributed by atoms with Gasteiger partial charge in [0.2, 0.25) is 10.0 Å². The van der Waals surface area contributed by atoms with Crippen LogP contribution in [0.15, 0.2) is 23.1 Å². The van der Waals surface area contributed by atoms with E-state index in [4.69, 9.17) is 4.74 Å². The highest BCUT2D eigenvalue weighted by molar-refractivity contribution is 7.99. The Balaban J connectivity index is 1.82. The average molecular weight is 417 g/mol. The van der Waals surface area contributed by atoms with Crippen LogP contribution in [0.5, 0.6) is 0 Å². The molecule has 150 valence electrons.